The van der Waals surface area contributed by atoms with E-state index in [0.717, 1.165) is 16.7 Å². The molecule has 1 atom stereocenters. The van der Waals surface area contributed by atoms with Gasteiger partial charge in [0, 0.05) is 5.02 Å². The molecule has 4 nitrogen and oxygen atoms in total. The number of benzene rings is 3. The standard InChI is InChI=1S/C26H22ClNO3S2/c1-17(20-6-4-3-5-7-20)28-25(29)24(33-26(28)32)15-19-10-13-22(23(14-19)30-2)31-16-18-8-11-21(27)12-9-18/h3-15,17H,16H2,1-2H3/b24-15-/t17-/m1/s1. The number of amides is 1. The zero-order chi connectivity index (χ0) is 23.4. The first-order chi connectivity index (χ1) is 16.0. The maximum atomic E-state index is 13.1. The van der Waals surface area contributed by atoms with Crippen LogP contribution in [-0.4, -0.2) is 22.2 Å². The third-order valence-corrected chi connectivity index (χ3v) is 6.87. The Kier molecular flexibility index (Phi) is 7.38. The number of rotatable bonds is 7. The number of methoxy groups -OCH3 is 1. The van der Waals surface area contributed by atoms with Crippen LogP contribution in [0.3, 0.4) is 0 Å². The van der Waals surface area contributed by atoms with Crippen molar-refractivity contribution < 1.29 is 14.3 Å². The molecule has 0 radical (unpaired) electrons. The minimum Gasteiger partial charge on any atom is -0.493 e. The number of thiocarbonyl (C=S) groups is 1. The van der Waals surface area contributed by atoms with Gasteiger partial charge in [-0.1, -0.05) is 84.1 Å². The zero-order valence-corrected chi connectivity index (χ0v) is 20.5. The second-order valence-electron chi connectivity index (χ2n) is 7.46. The first kappa shape index (κ1) is 23.4. The van der Waals surface area contributed by atoms with Gasteiger partial charge >= 0.3 is 0 Å². The van der Waals surface area contributed by atoms with Crippen LogP contribution >= 0.6 is 35.6 Å². The number of ether oxygens (including phenoxy) is 2. The molecule has 1 amide bonds. The molecule has 3 aromatic rings. The molecular formula is C26H22ClNO3S2. The van der Waals surface area contributed by atoms with Crippen molar-refractivity contribution in [2.75, 3.05) is 7.11 Å². The van der Waals surface area contributed by atoms with Crippen LogP contribution in [0.4, 0.5) is 0 Å². The Morgan fingerprint density at radius 3 is 2.48 bits per heavy atom. The van der Waals surface area contributed by atoms with E-state index in [1.54, 1.807) is 12.0 Å². The number of thioether (sulfide) groups is 1. The maximum absolute atomic E-state index is 13.1. The maximum Gasteiger partial charge on any atom is 0.266 e. The van der Waals surface area contributed by atoms with Gasteiger partial charge in [0.15, 0.2) is 11.5 Å². The van der Waals surface area contributed by atoms with E-state index in [2.05, 4.69) is 0 Å². The van der Waals surface area contributed by atoms with E-state index >= 15 is 0 Å². The van der Waals surface area contributed by atoms with Crippen LogP contribution in [-0.2, 0) is 11.4 Å². The lowest BCUT2D eigenvalue weighted by Crippen LogP contribution is -2.30. The van der Waals surface area contributed by atoms with Gasteiger partial charge in [0.2, 0.25) is 0 Å². The second kappa shape index (κ2) is 10.4. The van der Waals surface area contributed by atoms with Gasteiger partial charge in [-0.25, -0.2) is 0 Å². The van der Waals surface area contributed by atoms with Gasteiger partial charge in [0.25, 0.3) is 5.91 Å². The van der Waals surface area contributed by atoms with E-state index in [9.17, 15) is 4.79 Å². The number of hydrogen-bond donors (Lipinski definition) is 0. The molecule has 4 rings (SSSR count). The van der Waals surface area contributed by atoms with E-state index in [1.807, 2.05) is 85.8 Å². The van der Waals surface area contributed by atoms with Gasteiger partial charge in [-0.05, 0) is 54.0 Å². The lowest BCUT2D eigenvalue weighted by molar-refractivity contribution is -0.123. The van der Waals surface area contributed by atoms with Crippen LogP contribution in [0, 0.1) is 0 Å². The lowest BCUT2D eigenvalue weighted by atomic mass is 10.1. The average molecular weight is 496 g/mol. The van der Waals surface area contributed by atoms with Crippen LogP contribution in [0.15, 0.2) is 77.7 Å². The largest absolute Gasteiger partial charge is 0.493 e. The van der Waals surface area contributed by atoms with Crippen molar-refractivity contribution in [2.45, 2.75) is 19.6 Å². The summed E-state index contributed by atoms with van der Waals surface area (Å²) in [5, 5.41) is 0.684. The summed E-state index contributed by atoms with van der Waals surface area (Å²) < 4.78 is 12.0. The molecule has 7 heteroatoms. The molecule has 1 saturated heterocycles. The number of carbonyl (C=O) groups is 1. The third-order valence-electron chi connectivity index (χ3n) is 5.29. The molecule has 168 valence electrons. The van der Waals surface area contributed by atoms with Crippen molar-refractivity contribution >= 4 is 51.9 Å². The molecule has 0 aromatic heterocycles. The summed E-state index contributed by atoms with van der Waals surface area (Å²) in [6, 6.07) is 22.8. The van der Waals surface area contributed by atoms with Gasteiger partial charge in [-0.2, -0.15) is 0 Å². The number of halogens is 1. The molecule has 0 bridgehead atoms. The number of nitrogens with zero attached hydrogens (tertiary/aromatic N) is 1. The summed E-state index contributed by atoms with van der Waals surface area (Å²) in [5.74, 6) is 1.11. The molecule has 0 spiro atoms. The molecule has 1 heterocycles. The van der Waals surface area contributed by atoms with Crippen molar-refractivity contribution in [3.63, 3.8) is 0 Å². The minimum absolute atomic E-state index is 0.0941. The molecule has 0 unspecified atom stereocenters. The molecule has 33 heavy (non-hydrogen) atoms. The molecular weight excluding hydrogens is 474 g/mol. The molecule has 0 aliphatic carbocycles. The Labute approximate surface area is 208 Å². The number of carbonyl (C=O) groups excluding carboxylic acids is 1. The Bertz CT molecular complexity index is 1200. The summed E-state index contributed by atoms with van der Waals surface area (Å²) in [5.41, 5.74) is 2.87. The van der Waals surface area contributed by atoms with Gasteiger partial charge in [-0.15, -0.1) is 0 Å². The van der Waals surface area contributed by atoms with Gasteiger partial charge in [-0.3, -0.25) is 9.69 Å². The first-order valence-electron chi connectivity index (χ1n) is 10.3. The van der Waals surface area contributed by atoms with Crippen LogP contribution in [0.5, 0.6) is 11.5 Å². The molecule has 0 N–H and O–H groups in total. The van der Waals surface area contributed by atoms with Crippen LogP contribution in [0.25, 0.3) is 6.08 Å². The summed E-state index contributed by atoms with van der Waals surface area (Å²) in [6.45, 7) is 2.38. The van der Waals surface area contributed by atoms with E-state index in [4.69, 9.17) is 33.3 Å². The second-order valence-corrected chi connectivity index (χ2v) is 9.58. The summed E-state index contributed by atoms with van der Waals surface area (Å²) in [6.07, 6.45) is 1.84. The van der Waals surface area contributed by atoms with Crippen LogP contribution < -0.4 is 9.47 Å². The fourth-order valence-corrected chi connectivity index (χ4v) is 5.03. The monoisotopic (exact) mass is 495 g/mol. The molecule has 3 aromatic carbocycles. The quantitative estimate of drug-likeness (QED) is 0.263. The average Bonchev–Trinajstić information content (AvgIpc) is 3.11. The van der Waals surface area contributed by atoms with E-state index < -0.39 is 0 Å². The van der Waals surface area contributed by atoms with Crippen molar-refractivity contribution in [1.82, 2.24) is 4.90 Å². The SMILES string of the molecule is COc1cc(/C=C2\SC(=S)N([C@H](C)c3ccccc3)C2=O)ccc1OCc1ccc(Cl)cc1. The molecule has 0 saturated carbocycles. The normalized spacial score (nSPS) is 15.7. The van der Waals surface area contributed by atoms with Gasteiger partial charge in [0.05, 0.1) is 18.1 Å². The molecule has 1 aliphatic heterocycles. The highest BCUT2D eigenvalue weighted by Crippen LogP contribution is 2.39. The summed E-state index contributed by atoms with van der Waals surface area (Å²) in [7, 11) is 1.59. The topological polar surface area (TPSA) is 38.8 Å². The minimum atomic E-state index is -0.136. The van der Waals surface area contributed by atoms with Crippen molar-refractivity contribution in [1.29, 1.82) is 0 Å². The van der Waals surface area contributed by atoms with Crippen molar-refractivity contribution in [3.05, 3.63) is 99.4 Å². The third kappa shape index (κ3) is 5.41. The van der Waals surface area contributed by atoms with Crippen molar-refractivity contribution in [3.8, 4) is 11.5 Å². The highest BCUT2D eigenvalue weighted by Gasteiger charge is 2.35. The lowest BCUT2D eigenvalue weighted by Gasteiger charge is -2.23. The molecule has 1 aliphatic rings. The zero-order valence-electron chi connectivity index (χ0n) is 18.2. The Morgan fingerprint density at radius 2 is 1.79 bits per heavy atom. The first-order valence-corrected chi connectivity index (χ1v) is 11.9. The molecule has 1 fully saturated rings. The van der Waals surface area contributed by atoms with Gasteiger partial charge < -0.3 is 9.47 Å². The highest BCUT2D eigenvalue weighted by molar-refractivity contribution is 8.26. The fraction of sp³-hybridized carbons (Fsp3) is 0.154. The van der Waals surface area contributed by atoms with E-state index in [0.29, 0.717) is 32.4 Å². The van der Waals surface area contributed by atoms with E-state index in [-0.39, 0.29) is 11.9 Å². The van der Waals surface area contributed by atoms with Gasteiger partial charge in [0.1, 0.15) is 10.9 Å². The predicted octanol–water partition coefficient (Wildman–Crippen LogP) is 6.89. The fourth-order valence-electron chi connectivity index (χ4n) is 3.48. The summed E-state index contributed by atoms with van der Waals surface area (Å²) in [4.78, 5) is 15.4. The van der Waals surface area contributed by atoms with E-state index in [1.165, 1.54) is 11.8 Å². The number of hydrogen-bond acceptors (Lipinski definition) is 5. The van der Waals surface area contributed by atoms with Crippen LogP contribution in [0.1, 0.15) is 29.7 Å². The Morgan fingerprint density at radius 1 is 1.06 bits per heavy atom. The Balaban J connectivity index is 1.50. The highest BCUT2D eigenvalue weighted by atomic mass is 35.5. The van der Waals surface area contributed by atoms with Crippen molar-refractivity contribution in [2.24, 2.45) is 0 Å². The van der Waals surface area contributed by atoms with Crippen LogP contribution in [0.2, 0.25) is 5.02 Å². The predicted molar refractivity (Wildman–Crippen MR) is 139 cm³/mol. The smallest absolute Gasteiger partial charge is 0.266 e. The summed E-state index contributed by atoms with van der Waals surface area (Å²) >= 11 is 12.8. The Hall–Kier alpha value is -2.80.